The molecule has 0 aliphatic rings. The second-order valence-electron chi connectivity index (χ2n) is 6.46. The van der Waals surface area contributed by atoms with Crippen LogP contribution in [0.4, 0.5) is 10.8 Å². The van der Waals surface area contributed by atoms with E-state index in [1.807, 2.05) is 19.1 Å². The van der Waals surface area contributed by atoms with Crippen molar-refractivity contribution >= 4 is 67.2 Å². The Morgan fingerprint density at radius 3 is 2.77 bits per heavy atom. The summed E-state index contributed by atoms with van der Waals surface area (Å²) in [5.41, 5.74) is 2.25. The summed E-state index contributed by atoms with van der Waals surface area (Å²) >= 11 is 12.5. The number of amides is 1. The molecule has 0 saturated heterocycles. The molecule has 4 rings (SSSR count). The molecule has 2 aromatic carbocycles. The molecule has 0 aliphatic carbocycles. The quantitative estimate of drug-likeness (QED) is 0.227. The largest absolute Gasteiger partial charge is 0.451 e. The van der Waals surface area contributed by atoms with Crippen LogP contribution < -0.4 is 10.6 Å². The van der Waals surface area contributed by atoms with E-state index in [1.54, 1.807) is 18.2 Å². The van der Waals surface area contributed by atoms with Gasteiger partial charge in [0.25, 0.3) is 11.6 Å². The number of furan rings is 1. The molecule has 0 atom stereocenters. The second-order valence-corrected chi connectivity index (χ2v) is 8.31. The molecule has 1 amide bonds. The Labute approximate surface area is 190 Å². The van der Waals surface area contributed by atoms with Gasteiger partial charge in [-0.25, -0.2) is 4.98 Å². The van der Waals surface area contributed by atoms with Crippen LogP contribution >= 0.6 is 35.2 Å². The highest BCUT2D eigenvalue weighted by Crippen LogP contribution is 2.29. The van der Waals surface area contributed by atoms with Crippen molar-refractivity contribution in [3.8, 4) is 11.3 Å². The topological polar surface area (TPSA) is 110 Å². The molecule has 156 valence electrons. The maximum atomic E-state index is 12.5. The van der Waals surface area contributed by atoms with Crippen molar-refractivity contribution in [1.82, 2.24) is 10.3 Å². The molecule has 2 aromatic heterocycles. The fraction of sp³-hybridized carbons (Fsp3) is 0.0500. The number of carbonyl (C=O) groups is 1. The number of carbonyl (C=O) groups excluding carboxylic acids is 1. The van der Waals surface area contributed by atoms with E-state index < -0.39 is 10.8 Å². The molecular formula is C20H13ClN4O4S2. The Hall–Kier alpha value is -3.34. The lowest BCUT2D eigenvalue weighted by Crippen LogP contribution is -2.33. The van der Waals surface area contributed by atoms with Crippen LogP contribution in [0.25, 0.3) is 21.5 Å². The van der Waals surface area contributed by atoms with Crippen LogP contribution in [0.3, 0.4) is 0 Å². The van der Waals surface area contributed by atoms with Crippen molar-refractivity contribution in [2.24, 2.45) is 0 Å². The molecule has 0 unspecified atom stereocenters. The fourth-order valence-electron chi connectivity index (χ4n) is 2.73. The molecule has 0 radical (unpaired) electrons. The van der Waals surface area contributed by atoms with Gasteiger partial charge in [0.05, 0.1) is 15.1 Å². The Balaban J connectivity index is 1.43. The molecule has 8 nitrogen and oxygen atoms in total. The van der Waals surface area contributed by atoms with Gasteiger partial charge in [-0.1, -0.05) is 35.1 Å². The summed E-state index contributed by atoms with van der Waals surface area (Å²) in [6.07, 6.45) is 0. The third-order valence-electron chi connectivity index (χ3n) is 4.32. The van der Waals surface area contributed by atoms with Crippen LogP contribution in [0.1, 0.15) is 16.1 Å². The van der Waals surface area contributed by atoms with Gasteiger partial charge in [0, 0.05) is 22.7 Å². The summed E-state index contributed by atoms with van der Waals surface area (Å²) in [7, 11) is 0. The number of nitrogens with zero attached hydrogens (tertiary/aromatic N) is 2. The first kappa shape index (κ1) is 20.9. The third kappa shape index (κ3) is 4.55. The highest BCUT2D eigenvalue weighted by molar-refractivity contribution is 7.80. The van der Waals surface area contributed by atoms with Gasteiger partial charge in [-0.15, -0.1) is 0 Å². The minimum Gasteiger partial charge on any atom is -0.451 e. The standard InChI is InChI=1S/C20H13ClN4O4S2/c1-10-2-3-11(8-13(10)21)15-6-7-16(29-15)18(26)23-19(30)24-20-22-14-5-4-12(25(27)28)9-17(14)31-20/h2-9H,1H3,(H2,22,23,24,26,30). The number of aryl methyl sites for hydroxylation is 1. The molecular weight excluding hydrogens is 460 g/mol. The van der Waals surface area contributed by atoms with Crippen molar-refractivity contribution in [2.75, 3.05) is 5.32 Å². The number of hydrogen-bond donors (Lipinski definition) is 2. The number of benzene rings is 2. The third-order valence-corrected chi connectivity index (χ3v) is 5.86. The normalized spacial score (nSPS) is 10.8. The van der Waals surface area contributed by atoms with Gasteiger partial charge < -0.3 is 9.73 Å². The minimum atomic E-state index is -0.529. The molecule has 0 aliphatic heterocycles. The van der Waals surface area contributed by atoms with E-state index >= 15 is 0 Å². The van der Waals surface area contributed by atoms with E-state index in [-0.39, 0.29) is 16.6 Å². The van der Waals surface area contributed by atoms with Gasteiger partial charge in [-0.05, 0) is 49.0 Å². The second kappa shape index (κ2) is 8.42. The lowest BCUT2D eigenvalue weighted by Gasteiger charge is -2.05. The van der Waals surface area contributed by atoms with E-state index in [1.165, 1.54) is 29.5 Å². The number of nitrogens with one attached hydrogen (secondary N) is 2. The molecule has 0 spiro atoms. The molecule has 0 fully saturated rings. The molecule has 2 heterocycles. The first-order chi connectivity index (χ1) is 14.8. The van der Waals surface area contributed by atoms with Gasteiger partial charge in [-0.3, -0.25) is 20.2 Å². The predicted molar refractivity (Wildman–Crippen MR) is 124 cm³/mol. The number of aromatic nitrogens is 1. The zero-order chi connectivity index (χ0) is 22.1. The van der Waals surface area contributed by atoms with Gasteiger partial charge >= 0.3 is 0 Å². The van der Waals surface area contributed by atoms with E-state index in [0.717, 1.165) is 11.1 Å². The van der Waals surface area contributed by atoms with E-state index in [0.29, 0.717) is 26.1 Å². The van der Waals surface area contributed by atoms with Gasteiger partial charge in [0.1, 0.15) is 5.76 Å². The van der Waals surface area contributed by atoms with Crippen LogP contribution in [0.15, 0.2) is 52.9 Å². The number of non-ortho nitro benzene ring substituents is 1. The zero-order valence-electron chi connectivity index (χ0n) is 15.8. The monoisotopic (exact) mass is 472 g/mol. The average Bonchev–Trinajstić information content (AvgIpc) is 3.36. The van der Waals surface area contributed by atoms with Crippen molar-refractivity contribution < 1.29 is 14.1 Å². The van der Waals surface area contributed by atoms with Crippen molar-refractivity contribution in [3.05, 3.63) is 75.0 Å². The number of rotatable bonds is 4. The van der Waals surface area contributed by atoms with Gasteiger partial charge in [-0.2, -0.15) is 0 Å². The number of nitro benzene ring substituents is 1. The molecule has 0 saturated carbocycles. The molecule has 2 N–H and O–H groups in total. The van der Waals surface area contributed by atoms with Gasteiger partial charge in [0.2, 0.25) is 0 Å². The van der Waals surface area contributed by atoms with Crippen LogP contribution in [0.2, 0.25) is 5.02 Å². The number of fused-ring (bicyclic) bond motifs is 1. The smallest absolute Gasteiger partial charge is 0.293 e. The number of anilines is 1. The minimum absolute atomic E-state index is 0.0230. The van der Waals surface area contributed by atoms with Crippen LogP contribution in [0.5, 0.6) is 0 Å². The van der Waals surface area contributed by atoms with Crippen LogP contribution in [-0.4, -0.2) is 20.9 Å². The molecule has 11 heteroatoms. The zero-order valence-corrected chi connectivity index (χ0v) is 18.2. The first-order valence-corrected chi connectivity index (χ1v) is 10.4. The summed E-state index contributed by atoms with van der Waals surface area (Å²) in [6, 6.07) is 13.1. The van der Waals surface area contributed by atoms with E-state index in [9.17, 15) is 14.9 Å². The van der Waals surface area contributed by atoms with Gasteiger partial charge in [0.15, 0.2) is 16.0 Å². The summed E-state index contributed by atoms with van der Waals surface area (Å²) in [4.78, 5) is 27.2. The maximum Gasteiger partial charge on any atom is 0.293 e. The SMILES string of the molecule is Cc1ccc(-c2ccc(C(=O)NC(=S)Nc3nc4ccc([N+](=O)[O-])cc4s3)o2)cc1Cl. The number of hydrogen-bond acceptors (Lipinski definition) is 7. The lowest BCUT2D eigenvalue weighted by atomic mass is 10.1. The summed E-state index contributed by atoms with van der Waals surface area (Å²) in [5.74, 6) is 0.0492. The Bertz CT molecular complexity index is 1350. The van der Waals surface area contributed by atoms with E-state index in [2.05, 4.69) is 15.6 Å². The van der Waals surface area contributed by atoms with Crippen molar-refractivity contribution in [1.29, 1.82) is 0 Å². The van der Waals surface area contributed by atoms with Crippen molar-refractivity contribution in [3.63, 3.8) is 0 Å². The molecule has 0 bridgehead atoms. The Morgan fingerprint density at radius 1 is 1.23 bits per heavy atom. The highest BCUT2D eigenvalue weighted by atomic mass is 35.5. The van der Waals surface area contributed by atoms with Crippen molar-refractivity contribution in [2.45, 2.75) is 6.92 Å². The fourth-order valence-corrected chi connectivity index (χ4v) is 4.07. The lowest BCUT2D eigenvalue weighted by molar-refractivity contribution is -0.384. The predicted octanol–water partition coefficient (Wildman–Crippen LogP) is 5.55. The van der Waals surface area contributed by atoms with Crippen LogP contribution in [0, 0.1) is 17.0 Å². The molecule has 31 heavy (non-hydrogen) atoms. The number of nitro groups is 1. The Kier molecular flexibility index (Phi) is 5.68. The number of thiocarbonyl (C=S) groups is 1. The summed E-state index contributed by atoms with van der Waals surface area (Å²) in [5, 5.41) is 17.3. The summed E-state index contributed by atoms with van der Waals surface area (Å²) < 4.78 is 6.25. The highest BCUT2D eigenvalue weighted by Gasteiger charge is 2.16. The number of thiazole rings is 1. The Morgan fingerprint density at radius 2 is 2.03 bits per heavy atom. The summed E-state index contributed by atoms with van der Waals surface area (Å²) in [6.45, 7) is 1.90. The maximum absolute atomic E-state index is 12.5. The average molecular weight is 473 g/mol. The molecule has 4 aromatic rings. The van der Waals surface area contributed by atoms with Crippen LogP contribution in [-0.2, 0) is 0 Å². The first-order valence-electron chi connectivity index (χ1n) is 8.84. The number of halogens is 1. The van der Waals surface area contributed by atoms with E-state index in [4.69, 9.17) is 28.2 Å².